The maximum Gasteiger partial charge on any atom is 0.263 e. The molecule has 1 fully saturated rings. The van der Waals surface area contributed by atoms with Gasteiger partial charge >= 0.3 is 0 Å². The largest absolute Gasteiger partial charge is 0.497 e. The molecule has 0 aliphatic heterocycles. The molecule has 2 N–H and O–H groups in total. The number of pyridine rings is 1. The molecule has 0 radical (unpaired) electrons. The van der Waals surface area contributed by atoms with Crippen LogP contribution in [-0.4, -0.2) is 30.5 Å². The summed E-state index contributed by atoms with van der Waals surface area (Å²) in [5.74, 6) is 1.41. The third-order valence-electron chi connectivity index (χ3n) is 4.19. The van der Waals surface area contributed by atoms with Crippen molar-refractivity contribution < 1.29 is 19.1 Å². The molecule has 1 aliphatic rings. The van der Waals surface area contributed by atoms with Gasteiger partial charge in [0.1, 0.15) is 17.3 Å². The SMILES string of the molecule is COc1cccc(OCC(=O)Nc2ccc(NC(=O)C3CCC3)cn2)c1. The lowest BCUT2D eigenvalue weighted by Gasteiger charge is -2.23. The van der Waals surface area contributed by atoms with Crippen molar-refractivity contribution in [2.24, 2.45) is 5.92 Å². The number of rotatable bonds is 7. The van der Waals surface area contributed by atoms with Crippen molar-refractivity contribution in [3.05, 3.63) is 42.6 Å². The molecular weight excluding hydrogens is 334 g/mol. The number of hydrogen-bond donors (Lipinski definition) is 2. The van der Waals surface area contributed by atoms with E-state index in [1.54, 1.807) is 43.5 Å². The van der Waals surface area contributed by atoms with E-state index in [-0.39, 0.29) is 24.3 Å². The molecule has 2 aromatic rings. The number of nitrogens with zero attached hydrogens (tertiary/aromatic N) is 1. The summed E-state index contributed by atoms with van der Waals surface area (Å²) < 4.78 is 10.5. The summed E-state index contributed by atoms with van der Waals surface area (Å²) >= 11 is 0. The van der Waals surface area contributed by atoms with Gasteiger partial charge in [0.2, 0.25) is 5.91 Å². The summed E-state index contributed by atoms with van der Waals surface area (Å²) in [7, 11) is 1.57. The van der Waals surface area contributed by atoms with E-state index in [4.69, 9.17) is 9.47 Å². The zero-order valence-corrected chi connectivity index (χ0v) is 14.5. The van der Waals surface area contributed by atoms with Crippen LogP contribution in [0.25, 0.3) is 0 Å². The Morgan fingerprint density at radius 1 is 1.15 bits per heavy atom. The molecular formula is C19H21N3O4. The second-order valence-electron chi connectivity index (χ2n) is 6.07. The van der Waals surface area contributed by atoms with E-state index in [1.807, 2.05) is 0 Å². The standard InChI is InChI=1S/C19H21N3O4/c1-25-15-6-3-7-16(10-15)26-12-18(23)22-17-9-8-14(11-20-17)21-19(24)13-4-2-5-13/h3,6-11,13H,2,4-5,12H2,1H3,(H,21,24)(H,20,22,23). The first-order valence-corrected chi connectivity index (χ1v) is 8.47. The molecule has 7 heteroatoms. The topological polar surface area (TPSA) is 89.5 Å². The molecule has 1 saturated carbocycles. The molecule has 0 unspecified atom stereocenters. The van der Waals surface area contributed by atoms with Gasteiger partial charge in [-0.3, -0.25) is 9.59 Å². The molecule has 1 heterocycles. The van der Waals surface area contributed by atoms with Gasteiger partial charge in [-0.05, 0) is 37.1 Å². The Hall–Kier alpha value is -3.09. The molecule has 2 amide bonds. The Labute approximate surface area is 151 Å². The minimum atomic E-state index is -0.327. The van der Waals surface area contributed by atoms with Crippen LogP contribution in [0, 0.1) is 5.92 Å². The Bertz CT molecular complexity index is 773. The number of ether oxygens (including phenoxy) is 2. The minimum absolute atomic E-state index is 0.0292. The first kappa shape index (κ1) is 17.7. The fourth-order valence-corrected chi connectivity index (χ4v) is 2.48. The van der Waals surface area contributed by atoms with E-state index < -0.39 is 0 Å². The highest BCUT2D eigenvalue weighted by atomic mass is 16.5. The van der Waals surface area contributed by atoms with Gasteiger partial charge in [0.25, 0.3) is 5.91 Å². The van der Waals surface area contributed by atoms with Gasteiger partial charge in [0.05, 0.1) is 19.0 Å². The van der Waals surface area contributed by atoms with Crippen LogP contribution < -0.4 is 20.1 Å². The Morgan fingerprint density at radius 2 is 1.96 bits per heavy atom. The highest BCUT2D eigenvalue weighted by molar-refractivity contribution is 5.93. The van der Waals surface area contributed by atoms with E-state index in [2.05, 4.69) is 15.6 Å². The quantitative estimate of drug-likeness (QED) is 0.797. The van der Waals surface area contributed by atoms with Crippen LogP contribution in [0.3, 0.4) is 0 Å². The van der Waals surface area contributed by atoms with Crippen molar-refractivity contribution in [2.75, 3.05) is 24.4 Å². The molecule has 0 saturated heterocycles. The normalized spacial score (nSPS) is 13.4. The minimum Gasteiger partial charge on any atom is -0.497 e. The van der Waals surface area contributed by atoms with Gasteiger partial charge in [-0.25, -0.2) is 4.98 Å². The second kappa shape index (κ2) is 8.33. The summed E-state index contributed by atoms with van der Waals surface area (Å²) in [4.78, 5) is 28.0. The zero-order valence-electron chi connectivity index (χ0n) is 14.5. The van der Waals surface area contributed by atoms with Crippen molar-refractivity contribution >= 4 is 23.3 Å². The van der Waals surface area contributed by atoms with E-state index in [0.717, 1.165) is 19.3 Å². The monoisotopic (exact) mass is 355 g/mol. The van der Waals surface area contributed by atoms with Crippen molar-refractivity contribution in [2.45, 2.75) is 19.3 Å². The maximum atomic E-state index is 12.0. The molecule has 0 atom stereocenters. The van der Waals surface area contributed by atoms with Crippen LogP contribution in [0.5, 0.6) is 11.5 Å². The van der Waals surface area contributed by atoms with Crippen LogP contribution in [0.2, 0.25) is 0 Å². The number of methoxy groups -OCH3 is 1. The van der Waals surface area contributed by atoms with Crippen molar-refractivity contribution in [1.82, 2.24) is 4.98 Å². The highest BCUT2D eigenvalue weighted by Crippen LogP contribution is 2.27. The molecule has 1 aromatic heterocycles. The van der Waals surface area contributed by atoms with Crippen LogP contribution in [0.4, 0.5) is 11.5 Å². The van der Waals surface area contributed by atoms with E-state index >= 15 is 0 Å². The summed E-state index contributed by atoms with van der Waals surface area (Å²) in [6.07, 6.45) is 4.52. The summed E-state index contributed by atoms with van der Waals surface area (Å²) in [6.45, 7) is -0.144. The number of anilines is 2. The van der Waals surface area contributed by atoms with Crippen molar-refractivity contribution in [3.63, 3.8) is 0 Å². The second-order valence-corrected chi connectivity index (χ2v) is 6.07. The number of benzene rings is 1. The van der Waals surface area contributed by atoms with Crippen LogP contribution in [0.1, 0.15) is 19.3 Å². The number of aromatic nitrogens is 1. The molecule has 1 aliphatic carbocycles. The predicted octanol–water partition coefficient (Wildman–Crippen LogP) is 2.85. The number of carbonyl (C=O) groups is 2. The zero-order chi connectivity index (χ0) is 18.4. The number of hydrogen-bond acceptors (Lipinski definition) is 5. The van der Waals surface area contributed by atoms with Crippen molar-refractivity contribution in [1.29, 1.82) is 0 Å². The van der Waals surface area contributed by atoms with Crippen LogP contribution >= 0.6 is 0 Å². The Morgan fingerprint density at radius 3 is 2.62 bits per heavy atom. The Balaban J connectivity index is 1.47. The molecule has 1 aromatic carbocycles. The van der Waals surface area contributed by atoms with E-state index in [1.165, 1.54) is 6.20 Å². The molecule has 136 valence electrons. The third kappa shape index (κ3) is 4.72. The van der Waals surface area contributed by atoms with Crippen LogP contribution in [-0.2, 0) is 9.59 Å². The maximum absolute atomic E-state index is 12.0. The lowest BCUT2D eigenvalue weighted by atomic mass is 9.85. The average molecular weight is 355 g/mol. The fourth-order valence-electron chi connectivity index (χ4n) is 2.48. The highest BCUT2D eigenvalue weighted by Gasteiger charge is 2.25. The molecule has 0 bridgehead atoms. The van der Waals surface area contributed by atoms with Gasteiger partial charge < -0.3 is 20.1 Å². The third-order valence-corrected chi connectivity index (χ3v) is 4.19. The van der Waals surface area contributed by atoms with Crippen molar-refractivity contribution in [3.8, 4) is 11.5 Å². The molecule has 3 rings (SSSR count). The Kier molecular flexibility index (Phi) is 5.68. The number of nitrogens with one attached hydrogen (secondary N) is 2. The van der Waals surface area contributed by atoms with Gasteiger partial charge in [-0.1, -0.05) is 12.5 Å². The molecule has 0 spiro atoms. The van der Waals surface area contributed by atoms with Gasteiger partial charge in [0, 0.05) is 12.0 Å². The van der Waals surface area contributed by atoms with Gasteiger partial charge in [0.15, 0.2) is 6.61 Å². The molecule has 7 nitrogen and oxygen atoms in total. The molecule has 26 heavy (non-hydrogen) atoms. The average Bonchev–Trinajstić information content (AvgIpc) is 2.60. The lowest BCUT2D eigenvalue weighted by Crippen LogP contribution is -2.28. The fraction of sp³-hybridized carbons (Fsp3) is 0.316. The first-order valence-electron chi connectivity index (χ1n) is 8.47. The first-order chi connectivity index (χ1) is 12.6. The van der Waals surface area contributed by atoms with Gasteiger partial charge in [-0.15, -0.1) is 0 Å². The van der Waals surface area contributed by atoms with E-state index in [9.17, 15) is 9.59 Å². The summed E-state index contributed by atoms with van der Waals surface area (Å²) in [5, 5.41) is 5.48. The number of amides is 2. The van der Waals surface area contributed by atoms with Crippen LogP contribution in [0.15, 0.2) is 42.6 Å². The van der Waals surface area contributed by atoms with E-state index in [0.29, 0.717) is 23.0 Å². The summed E-state index contributed by atoms with van der Waals surface area (Å²) in [6, 6.07) is 10.4. The summed E-state index contributed by atoms with van der Waals surface area (Å²) in [5.41, 5.74) is 0.618. The lowest BCUT2D eigenvalue weighted by molar-refractivity contribution is -0.122. The number of carbonyl (C=O) groups excluding carboxylic acids is 2. The smallest absolute Gasteiger partial charge is 0.263 e. The van der Waals surface area contributed by atoms with Gasteiger partial charge in [-0.2, -0.15) is 0 Å². The predicted molar refractivity (Wildman–Crippen MR) is 97.3 cm³/mol.